The first-order valence-electron chi connectivity index (χ1n) is 12.5. The zero-order valence-electron chi connectivity index (χ0n) is 20.4. The van der Waals surface area contributed by atoms with Gasteiger partial charge in [-0.05, 0) is 69.5 Å². The molecule has 0 spiro atoms. The molecule has 4 rings (SSSR count). The summed E-state index contributed by atoms with van der Waals surface area (Å²) in [5.74, 6) is 0.681. The van der Waals surface area contributed by atoms with Crippen LogP contribution in [0.5, 0.6) is 11.5 Å². The lowest BCUT2D eigenvalue weighted by atomic mass is 9.84. The van der Waals surface area contributed by atoms with Crippen molar-refractivity contribution in [2.75, 3.05) is 26.8 Å². The number of aliphatic hydroxyl groups is 3. The molecule has 0 aromatic heterocycles. The Kier molecular flexibility index (Phi) is 8.67. The Morgan fingerprint density at radius 2 is 1.89 bits per heavy atom. The van der Waals surface area contributed by atoms with Crippen molar-refractivity contribution in [1.82, 2.24) is 4.90 Å². The first kappa shape index (κ1) is 25.9. The standard InChI is InChI=1S/C26H37NO8/c1-16-23(29)24(30)25(31)26(34-16)35-20-10-8-17(14-21(20)32-2)9-11-22(28)33-15-18-6-5-13-27-12-4-3-7-19(18)27/h8-11,14,16,18-19,23-26,29-31H,3-7,12-13,15H2,1-2H3/b11-9+/t16-,18+,19+,23-,24+,25-,26-/m0/s1. The maximum atomic E-state index is 12.4. The van der Waals surface area contributed by atoms with Crippen LogP contribution in [0.4, 0.5) is 0 Å². The highest BCUT2D eigenvalue weighted by Crippen LogP contribution is 2.33. The van der Waals surface area contributed by atoms with Crippen LogP contribution in [0.3, 0.4) is 0 Å². The minimum atomic E-state index is -1.43. The lowest BCUT2D eigenvalue weighted by molar-refractivity contribution is -0.268. The van der Waals surface area contributed by atoms with E-state index in [2.05, 4.69) is 4.90 Å². The van der Waals surface area contributed by atoms with Crippen molar-refractivity contribution >= 4 is 12.0 Å². The highest BCUT2D eigenvalue weighted by molar-refractivity contribution is 5.87. The zero-order valence-corrected chi connectivity index (χ0v) is 20.4. The summed E-state index contributed by atoms with van der Waals surface area (Å²) in [5, 5.41) is 30.0. The number of esters is 1. The second kappa shape index (κ2) is 11.7. The smallest absolute Gasteiger partial charge is 0.330 e. The number of methoxy groups -OCH3 is 1. The van der Waals surface area contributed by atoms with E-state index in [1.165, 1.54) is 32.4 Å². The van der Waals surface area contributed by atoms with E-state index < -0.39 is 30.7 Å². The quantitative estimate of drug-likeness (QED) is 0.387. The lowest BCUT2D eigenvalue weighted by Gasteiger charge is -2.44. The van der Waals surface area contributed by atoms with Crippen LogP contribution in [0.15, 0.2) is 24.3 Å². The van der Waals surface area contributed by atoms with Crippen LogP contribution in [0.25, 0.3) is 6.08 Å². The number of aliphatic hydroxyl groups excluding tert-OH is 3. The number of hydrogen-bond donors (Lipinski definition) is 3. The molecule has 0 amide bonds. The van der Waals surface area contributed by atoms with Gasteiger partial charge in [0.05, 0.1) is 19.8 Å². The van der Waals surface area contributed by atoms with Gasteiger partial charge in [-0.25, -0.2) is 4.79 Å². The first-order chi connectivity index (χ1) is 16.9. The van der Waals surface area contributed by atoms with Crippen molar-refractivity contribution in [2.45, 2.75) is 75.8 Å². The molecule has 3 N–H and O–H groups in total. The van der Waals surface area contributed by atoms with Crippen LogP contribution >= 0.6 is 0 Å². The summed E-state index contributed by atoms with van der Waals surface area (Å²) in [6.45, 7) is 4.34. The van der Waals surface area contributed by atoms with E-state index in [0.717, 1.165) is 25.9 Å². The number of carbonyl (C=O) groups is 1. The third-order valence-electron chi connectivity index (χ3n) is 7.32. The Hall–Kier alpha value is -2.17. The fraction of sp³-hybridized carbons (Fsp3) is 0.654. The Bertz CT molecular complexity index is 890. The van der Waals surface area contributed by atoms with Gasteiger partial charge in [0, 0.05) is 18.0 Å². The van der Waals surface area contributed by atoms with Crippen LogP contribution in [0, 0.1) is 5.92 Å². The molecule has 0 bridgehead atoms. The molecule has 3 fully saturated rings. The fourth-order valence-corrected chi connectivity index (χ4v) is 5.29. The molecule has 0 radical (unpaired) electrons. The van der Waals surface area contributed by atoms with E-state index in [1.807, 2.05) is 0 Å². The van der Waals surface area contributed by atoms with Crippen LogP contribution in [0.2, 0.25) is 0 Å². The maximum absolute atomic E-state index is 12.4. The van der Waals surface area contributed by atoms with Crippen molar-refractivity contribution in [3.05, 3.63) is 29.8 Å². The van der Waals surface area contributed by atoms with E-state index in [0.29, 0.717) is 35.6 Å². The molecule has 194 valence electrons. The number of piperidine rings is 2. The summed E-state index contributed by atoms with van der Waals surface area (Å²) in [6, 6.07) is 5.57. The molecule has 9 heteroatoms. The molecule has 0 unspecified atom stereocenters. The van der Waals surface area contributed by atoms with Crippen LogP contribution in [-0.4, -0.2) is 89.7 Å². The maximum Gasteiger partial charge on any atom is 0.330 e. The van der Waals surface area contributed by atoms with Crippen molar-refractivity contribution in [2.24, 2.45) is 5.92 Å². The predicted molar refractivity (Wildman–Crippen MR) is 128 cm³/mol. The van der Waals surface area contributed by atoms with Gasteiger partial charge in [0.25, 0.3) is 0 Å². The average Bonchev–Trinajstić information content (AvgIpc) is 2.88. The number of ether oxygens (including phenoxy) is 4. The number of carbonyl (C=O) groups excluding carboxylic acids is 1. The second-order valence-electron chi connectivity index (χ2n) is 9.67. The van der Waals surface area contributed by atoms with Crippen LogP contribution < -0.4 is 9.47 Å². The van der Waals surface area contributed by atoms with Gasteiger partial charge in [0.15, 0.2) is 11.5 Å². The third kappa shape index (κ3) is 6.16. The molecular weight excluding hydrogens is 454 g/mol. The molecule has 1 aromatic carbocycles. The van der Waals surface area contributed by atoms with E-state index in [-0.39, 0.29) is 5.97 Å². The lowest BCUT2D eigenvalue weighted by Crippen LogP contribution is -2.58. The van der Waals surface area contributed by atoms with Crippen LogP contribution in [0.1, 0.15) is 44.6 Å². The SMILES string of the molecule is COc1cc(/C=C/C(=O)OC[C@H]2CCCN3CCCC[C@H]23)ccc1O[C@@H]1O[C@@H](C)[C@H](O)[C@@H](O)[C@@H]1O. The number of benzene rings is 1. The van der Waals surface area contributed by atoms with Gasteiger partial charge >= 0.3 is 5.97 Å². The zero-order chi connectivity index (χ0) is 24.9. The van der Waals surface area contributed by atoms with E-state index in [4.69, 9.17) is 18.9 Å². The number of rotatable bonds is 7. The van der Waals surface area contributed by atoms with E-state index in [9.17, 15) is 20.1 Å². The highest BCUT2D eigenvalue weighted by Gasteiger charge is 2.43. The Morgan fingerprint density at radius 3 is 2.69 bits per heavy atom. The van der Waals surface area contributed by atoms with Gasteiger partial charge in [-0.2, -0.15) is 0 Å². The molecule has 35 heavy (non-hydrogen) atoms. The summed E-state index contributed by atoms with van der Waals surface area (Å²) >= 11 is 0. The molecule has 3 heterocycles. The molecule has 9 nitrogen and oxygen atoms in total. The largest absolute Gasteiger partial charge is 0.493 e. The van der Waals surface area contributed by atoms with Gasteiger partial charge in [0.2, 0.25) is 6.29 Å². The highest BCUT2D eigenvalue weighted by atomic mass is 16.7. The molecule has 0 saturated carbocycles. The summed E-state index contributed by atoms with van der Waals surface area (Å²) in [5.41, 5.74) is 0.705. The van der Waals surface area contributed by atoms with Crippen molar-refractivity contribution < 1.29 is 39.1 Å². The van der Waals surface area contributed by atoms with Crippen molar-refractivity contribution in [3.8, 4) is 11.5 Å². The van der Waals surface area contributed by atoms with Gasteiger partial charge in [-0.3, -0.25) is 4.90 Å². The molecule has 0 aliphatic carbocycles. The molecule has 1 aromatic rings. The Balaban J connectivity index is 1.33. The number of hydrogen-bond acceptors (Lipinski definition) is 9. The Labute approximate surface area is 206 Å². The molecule has 7 atom stereocenters. The van der Waals surface area contributed by atoms with Crippen molar-refractivity contribution in [3.63, 3.8) is 0 Å². The summed E-state index contributed by atoms with van der Waals surface area (Å²) in [6.07, 6.45) is 3.10. The normalized spacial score (nSPS) is 33.8. The third-order valence-corrected chi connectivity index (χ3v) is 7.32. The van der Waals surface area contributed by atoms with Crippen molar-refractivity contribution in [1.29, 1.82) is 0 Å². The minimum absolute atomic E-state index is 0.293. The molecule has 3 aliphatic heterocycles. The van der Waals surface area contributed by atoms with Gasteiger partial charge < -0.3 is 34.3 Å². The second-order valence-corrected chi connectivity index (χ2v) is 9.67. The monoisotopic (exact) mass is 491 g/mol. The number of fused-ring (bicyclic) bond motifs is 1. The first-order valence-corrected chi connectivity index (χ1v) is 12.5. The van der Waals surface area contributed by atoms with E-state index in [1.54, 1.807) is 31.2 Å². The fourth-order valence-electron chi connectivity index (χ4n) is 5.29. The molecule has 3 aliphatic rings. The molecular formula is C26H37NO8. The summed E-state index contributed by atoms with van der Waals surface area (Å²) in [4.78, 5) is 14.9. The summed E-state index contributed by atoms with van der Waals surface area (Å²) in [7, 11) is 1.47. The van der Waals surface area contributed by atoms with Crippen LogP contribution in [-0.2, 0) is 14.3 Å². The van der Waals surface area contributed by atoms with Gasteiger partial charge in [-0.15, -0.1) is 0 Å². The Morgan fingerprint density at radius 1 is 1.09 bits per heavy atom. The topological polar surface area (TPSA) is 118 Å². The predicted octanol–water partition coefficient (Wildman–Crippen LogP) is 1.72. The summed E-state index contributed by atoms with van der Waals surface area (Å²) < 4.78 is 22.2. The number of nitrogens with zero attached hydrogens (tertiary/aromatic N) is 1. The molecule has 3 saturated heterocycles. The van der Waals surface area contributed by atoms with Gasteiger partial charge in [0.1, 0.15) is 18.3 Å². The van der Waals surface area contributed by atoms with Gasteiger partial charge in [-0.1, -0.05) is 12.5 Å². The average molecular weight is 492 g/mol. The van der Waals surface area contributed by atoms with E-state index >= 15 is 0 Å². The minimum Gasteiger partial charge on any atom is -0.493 e.